The van der Waals surface area contributed by atoms with Gasteiger partial charge in [0.05, 0.1) is 0 Å². The second-order valence-electron chi connectivity index (χ2n) is 3.52. The molecule has 0 atom stereocenters. The van der Waals surface area contributed by atoms with Gasteiger partial charge in [-0.25, -0.2) is 0 Å². The summed E-state index contributed by atoms with van der Waals surface area (Å²) in [5, 5.41) is 2.66. The van der Waals surface area contributed by atoms with E-state index in [9.17, 15) is 9.59 Å². The van der Waals surface area contributed by atoms with Crippen molar-refractivity contribution < 1.29 is 9.59 Å². The molecule has 0 aliphatic carbocycles. The van der Waals surface area contributed by atoms with Gasteiger partial charge in [-0.15, -0.1) is 0 Å². The number of hydrogen-bond acceptors (Lipinski definition) is 3. The summed E-state index contributed by atoms with van der Waals surface area (Å²) in [5.74, 6) is -0.452. The first-order chi connectivity index (χ1) is 5.87. The summed E-state index contributed by atoms with van der Waals surface area (Å²) in [4.78, 5) is 21.6. The molecular formula is C9H16N2O2. The normalized spacial score (nSPS) is 11.7. The summed E-state index contributed by atoms with van der Waals surface area (Å²) in [6.07, 6.45) is 2.43. The van der Waals surface area contributed by atoms with E-state index in [2.05, 4.69) is 5.32 Å². The molecule has 0 spiro atoms. The highest BCUT2D eigenvalue weighted by molar-refractivity contribution is 5.96. The van der Waals surface area contributed by atoms with Crippen molar-refractivity contribution in [2.45, 2.75) is 26.3 Å². The van der Waals surface area contributed by atoms with Crippen LogP contribution in [0.5, 0.6) is 0 Å². The van der Waals surface area contributed by atoms with Gasteiger partial charge >= 0.3 is 0 Å². The van der Waals surface area contributed by atoms with Crippen LogP contribution in [0.3, 0.4) is 0 Å². The summed E-state index contributed by atoms with van der Waals surface area (Å²) in [5.41, 5.74) is 4.97. The molecule has 74 valence electrons. The zero-order chi connectivity index (χ0) is 10.5. The van der Waals surface area contributed by atoms with Crippen LogP contribution in [0.25, 0.3) is 0 Å². The molecule has 1 amide bonds. The number of carbonyl (C=O) groups excluding carboxylic acids is 2. The van der Waals surface area contributed by atoms with Gasteiger partial charge in [0, 0.05) is 18.2 Å². The fourth-order valence-electron chi connectivity index (χ4n) is 0.619. The summed E-state index contributed by atoms with van der Waals surface area (Å²) in [7, 11) is 0. The first-order valence-electron chi connectivity index (χ1n) is 4.08. The van der Waals surface area contributed by atoms with Gasteiger partial charge in [0.1, 0.15) is 0 Å². The van der Waals surface area contributed by atoms with E-state index in [0.717, 1.165) is 0 Å². The minimum atomic E-state index is -0.432. The fraction of sp³-hybridized carbons (Fsp3) is 0.556. The van der Waals surface area contributed by atoms with Crippen LogP contribution >= 0.6 is 0 Å². The Morgan fingerprint density at radius 1 is 1.38 bits per heavy atom. The van der Waals surface area contributed by atoms with Crippen molar-refractivity contribution in [1.29, 1.82) is 0 Å². The van der Waals surface area contributed by atoms with Crippen molar-refractivity contribution in [3.8, 4) is 0 Å². The molecule has 0 aromatic rings. The number of nitrogens with one attached hydrogen (secondary N) is 1. The number of nitrogens with two attached hydrogens (primary N) is 1. The molecule has 4 nitrogen and oxygen atoms in total. The molecule has 3 N–H and O–H groups in total. The highest BCUT2D eigenvalue weighted by Crippen LogP contribution is 1.97. The molecule has 0 saturated heterocycles. The van der Waals surface area contributed by atoms with Crippen LogP contribution < -0.4 is 11.1 Å². The average Bonchev–Trinajstić information content (AvgIpc) is 2.00. The molecule has 0 aliphatic heterocycles. The molecule has 0 fully saturated rings. The Morgan fingerprint density at radius 2 is 1.92 bits per heavy atom. The van der Waals surface area contributed by atoms with E-state index in [-0.39, 0.29) is 11.7 Å². The predicted octanol–water partition coefficient (Wildman–Crippen LogP) is -0.0149. The van der Waals surface area contributed by atoms with Crippen molar-refractivity contribution in [2.24, 2.45) is 5.73 Å². The molecule has 0 rings (SSSR count). The zero-order valence-electron chi connectivity index (χ0n) is 8.26. The van der Waals surface area contributed by atoms with Gasteiger partial charge in [-0.2, -0.15) is 0 Å². The fourth-order valence-corrected chi connectivity index (χ4v) is 0.619. The predicted molar refractivity (Wildman–Crippen MR) is 51.1 cm³/mol. The zero-order valence-corrected chi connectivity index (χ0v) is 8.26. The standard InChI is InChI=1S/C9H16N2O2/c1-7(12)4-5-8(13)11-9(2,3)6-10/h4-5H,6,10H2,1-3H3,(H,11,13)/b5-4+. The van der Waals surface area contributed by atoms with Crippen molar-refractivity contribution >= 4 is 11.7 Å². The lowest BCUT2D eigenvalue weighted by Crippen LogP contribution is -2.48. The van der Waals surface area contributed by atoms with Gasteiger partial charge in [0.15, 0.2) is 5.78 Å². The van der Waals surface area contributed by atoms with Crippen LogP contribution in [0.4, 0.5) is 0 Å². The Morgan fingerprint density at radius 3 is 2.31 bits per heavy atom. The van der Waals surface area contributed by atoms with Crippen LogP contribution in [-0.4, -0.2) is 23.8 Å². The Labute approximate surface area is 78.2 Å². The lowest BCUT2D eigenvalue weighted by molar-refractivity contribution is -0.118. The molecule has 0 aliphatic rings. The van der Waals surface area contributed by atoms with Gasteiger partial charge in [-0.3, -0.25) is 9.59 Å². The molecule has 0 bridgehead atoms. The summed E-state index contributed by atoms with van der Waals surface area (Å²) in [6, 6.07) is 0. The number of hydrogen-bond donors (Lipinski definition) is 2. The van der Waals surface area contributed by atoms with Crippen LogP contribution in [0.1, 0.15) is 20.8 Å². The van der Waals surface area contributed by atoms with Crippen LogP contribution in [0.2, 0.25) is 0 Å². The van der Waals surface area contributed by atoms with Crippen molar-refractivity contribution in [3.63, 3.8) is 0 Å². The Kier molecular flexibility index (Phi) is 4.34. The second-order valence-corrected chi connectivity index (χ2v) is 3.52. The van der Waals surface area contributed by atoms with Gasteiger partial charge in [-0.05, 0) is 26.8 Å². The number of amides is 1. The minimum Gasteiger partial charge on any atom is -0.346 e. The maximum atomic E-state index is 11.1. The molecular weight excluding hydrogens is 168 g/mol. The van der Waals surface area contributed by atoms with E-state index < -0.39 is 5.54 Å². The lowest BCUT2D eigenvalue weighted by atomic mass is 10.1. The van der Waals surface area contributed by atoms with E-state index in [1.807, 2.05) is 13.8 Å². The van der Waals surface area contributed by atoms with E-state index in [0.29, 0.717) is 6.54 Å². The van der Waals surface area contributed by atoms with E-state index in [1.165, 1.54) is 19.1 Å². The van der Waals surface area contributed by atoms with Crippen LogP contribution in [0.15, 0.2) is 12.2 Å². The second kappa shape index (κ2) is 4.77. The van der Waals surface area contributed by atoms with E-state index in [1.54, 1.807) is 0 Å². The van der Waals surface area contributed by atoms with Crippen molar-refractivity contribution in [3.05, 3.63) is 12.2 Å². The highest BCUT2D eigenvalue weighted by atomic mass is 16.1. The third-order valence-corrected chi connectivity index (χ3v) is 1.44. The van der Waals surface area contributed by atoms with Gasteiger partial charge in [-0.1, -0.05) is 0 Å². The quantitative estimate of drug-likeness (QED) is 0.603. The topological polar surface area (TPSA) is 72.2 Å². The number of ketones is 1. The van der Waals surface area contributed by atoms with E-state index >= 15 is 0 Å². The molecule has 0 radical (unpaired) electrons. The number of rotatable bonds is 4. The molecule has 13 heavy (non-hydrogen) atoms. The van der Waals surface area contributed by atoms with Gasteiger partial charge < -0.3 is 11.1 Å². The largest absolute Gasteiger partial charge is 0.346 e. The summed E-state index contributed by atoms with van der Waals surface area (Å²) >= 11 is 0. The first-order valence-corrected chi connectivity index (χ1v) is 4.08. The maximum absolute atomic E-state index is 11.1. The molecule has 0 heterocycles. The summed E-state index contributed by atoms with van der Waals surface area (Å²) < 4.78 is 0. The summed E-state index contributed by atoms with van der Waals surface area (Å²) in [6.45, 7) is 5.36. The van der Waals surface area contributed by atoms with Gasteiger partial charge in [0.25, 0.3) is 0 Å². The number of allylic oxidation sites excluding steroid dienone is 1. The monoisotopic (exact) mass is 184 g/mol. The minimum absolute atomic E-state index is 0.152. The van der Waals surface area contributed by atoms with Crippen molar-refractivity contribution in [2.75, 3.05) is 6.54 Å². The highest BCUT2D eigenvalue weighted by Gasteiger charge is 2.16. The lowest BCUT2D eigenvalue weighted by Gasteiger charge is -2.23. The molecule has 0 aromatic carbocycles. The maximum Gasteiger partial charge on any atom is 0.244 e. The third-order valence-electron chi connectivity index (χ3n) is 1.44. The molecule has 4 heteroatoms. The average molecular weight is 184 g/mol. The Bertz CT molecular complexity index is 232. The molecule has 0 aromatic heterocycles. The first kappa shape index (κ1) is 11.8. The van der Waals surface area contributed by atoms with Crippen molar-refractivity contribution in [1.82, 2.24) is 5.32 Å². The van der Waals surface area contributed by atoms with Crippen LogP contribution in [0, 0.1) is 0 Å². The number of carbonyl (C=O) groups is 2. The Hall–Kier alpha value is -1.16. The SMILES string of the molecule is CC(=O)/C=C/C(=O)NC(C)(C)CN. The van der Waals surface area contributed by atoms with E-state index in [4.69, 9.17) is 5.73 Å². The third kappa shape index (κ3) is 6.04. The van der Waals surface area contributed by atoms with Crippen LogP contribution in [-0.2, 0) is 9.59 Å². The molecule has 0 unspecified atom stereocenters. The van der Waals surface area contributed by atoms with Gasteiger partial charge in [0.2, 0.25) is 5.91 Å². The smallest absolute Gasteiger partial charge is 0.244 e. The Balaban J connectivity index is 4.09. The molecule has 0 saturated carbocycles.